The molecule has 1 aromatic rings. The fourth-order valence-corrected chi connectivity index (χ4v) is 3.33. The molecule has 1 saturated heterocycles. The lowest BCUT2D eigenvalue weighted by atomic mass is 10.2. The Bertz CT molecular complexity index is 674. The summed E-state index contributed by atoms with van der Waals surface area (Å²) >= 11 is 6.42. The molecule has 1 aliphatic heterocycles. The van der Waals surface area contributed by atoms with Gasteiger partial charge in [0.2, 0.25) is 0 Å². The van der Waals surface area contributed by atoms with Gasteiger partial charge in [0, 0.05) is 13.2 Å². The molecule has 0 aliphatic carbocycles. The Hall–Kier alpha value is -1.90. The molecular weight excluding hydrogens is 350 g/mol. The Labute approximate surface area is 149 Å². The predicted octanol–water partition coefficient (Wildman–Crippen LogP) is 2.12. The van der Waals surface area contributed by atoms with E-state index < -0.39 is 5.97 Å². The molecule has 2 rings (SSSR count). The Morgan fingerprint density at radius 2 is 2.21 bits per heavy atom. The van der Waals surface area contributed by atoms with Gasteiger partial charge in [-0.1, -0.05) is 36.1 Å². The summed E-state index contributed by atoms with van der Waals surface area (Å²) < 4.78 is 5.86. The number of carboxylic acid groups (broad SMARTS) is 1. The lowest BCUT2D eigenvalue weighted by molar-refractivity contribution is -0.137. The monoisotopic (exact) mass is 367 g/mol. The fraction of sp³-hybridized carbons (Fsp3) is 0.312. The molecule has 0 aromatic heterocycles. The summed E-state index contributed by atoms with van der Waals surface area (Å²) in [5, 5.41) is 17.5. The fourth-order valence-electron chi connectivity index (χ4n) is 2.02. The molecule has 24 heavy (non-hydrogen) atoms. The Morgan fingerprint density at radius 3 is 2.92 bits per heavy atom. The van der Waals surface area contributed by atoms with Crippen LogP contribution in [-0.2, 0) is 9.59 Å². The van der Waals surface area contributed by atoms with Crippen molar-refractivity contribution in [1.82, 2.24) is 4.90 Å². The number of carbonyl (C=O) groups is 2. The van der Waals surface area contributed by atoms with Crippen molar-refractivity contribution in [1.29, 1.82) is 0 Å². The molecule has 0 unspecified atom stereocenters. The number of thioether (sulfide) groups is 1. The maximum absolute atomic E-state index is 12.3. The second-order valence-electron chi connectivity index (χ2n) is 4.98. The zero-order valence-electron chi connectivity index (χ0n) is 12.8. The van der Waals surface area contributed by atoms with Crippen LogP contribution in [0.5, 0.6) is 5.75 Å². The van der Waals surface area contributed by atoms with Gasteiger partial charge >= 0.3 is 5.97 Å². The van der Waals surface area contributed by atoms with Gasteiger partial charge in [-0.25, -0.2) is 0 Å². The van der Waals surface area contributed by atoms with E-state index in [0.29, 0.717) is 27.9 Å². The Balaban J connectivity index is 2.06. The maximum atomic E-state index is 12.3. The van der Waals surface area contributed by atoms with Crippen molar-refractivity contribution in [2.45, 2.75) is 12.8 Å². The highest BCUT2D eigenvalue weighted by atomic mass is 32.2. The number of amides is 1. The normalized spacial score (nSPS) is 16.0. The van der Waals surface area contributed by atoms with Gasteiger partial charge in [0.25, 0.3) is 5.91 Å². The number of aliphatic hydroxyl groups is 1. The minimum absolute atomic E-state index is 0.00579. The molecule has 0 saturated carbocycles. The number of hydrogen-bond acceptors (Lipinski definition) is 6. The van der Waals surface area contributed by atoms with Gasteiger partial charge in [-0.2, -0.15) is 0 Å². The van der Waals surface area contributed by atoms with Crippen LogP contribution in [0.25, 0.3) is 6.08 Å². The molecule has 1 aromatic carbocycles. The third kappa shape index (κ3) is 5.05. The van der Waals surface area contributed by atoms with E-state index in [-0.39, 0.29) is 25.5 Å². The van der Waals surface area contributed by atoms with Crippen LogP contribution in [0.2, 0.25) is 0 Å². The molecule has 128 valence electrons. The Morgan fingerprint density at radius 1 is 1.42 bits per heavy atom. The highest BCUT2D eigenvalue weighted by Gasteiger charge is 2.31. The van der Waals surface area contributed by atoms with Gasteiger partial charge in [-0.15, -0.1) is 0 Å². The van der Waals surface area contributed by atoms with Crippen LogP contribution in [0, 0.1) is 0 Å². The van der Waals surface area contributed by atoms with E-state index in [0.717, 1.165) is 5.56 Å². The molecule has 0 spiro atoms. The van der Waals surface area contributed by atoms with Gasteiger partial charge in [0.1, 0.15) is 10.1 Å². The number of aliphatic hydroxyl groups excluding tert-OH is 1. The molecule has 2 N–H and O–H groups in total. The first kappa shape index (κ1) is 18.4. The van der Waals surface area contributed by atoms with Crippen molar-refractivity contribution in [3.8, 4) is 5.75 Å². The minimum atomic E-state index is -0.919. The van der Waals surface area contributed by atoms with Crippen LogP contribution in [0.1, 0.15) is 18.4 Å². The average molecular weight is 367 g/mol. The van der Waals surface area contributed by atoms with Crippen LogP contribution in [-0.4, -0.2) is 51.1 Å². The summed E-state index contributed by atoms with van der Waals surface area (Å²) in [4.78, 5) is 24.8. The van der Waals surface area contributed by atoms with E-state index >= 15 is 0 Å². The lowest BCUT2D eigenvalue weighted by Crippen LogP contribution is -2.29. The molecule has 1 heterocycles. The minimum Gasteiger partial charge on any atom is -0.493 e. The summed E-state index contributed by atoms with van der Waals surface area (Å²) in [6.07, 6.45) is 2.13. The SMILES string of the molecule is O=C(O)CCOc1cccc(/C=C2\SC(=S)N(CCCO)C2=O)c1. The third-order valence-corrected chi connectivity index (χ3v) is 4.53. The number of aliphatic carboxylic acids is 1. The number of thiocarbonyl (C=S) groups is 1. The van der Waals surface area contributed by atoms with E-state index in [4.69, 9.17) is 27.2 Å². The van der Waals surface area contributed by atoms with Gasteiger partial charge in [-0.3, -0.25) is 14.5 Å². The molecule has 1 amide bonds. The van der Waals surface area contributed by atoms with Crippen molar-refractivity contribution in [2.24, 2.45) is 0 Å². The van der Waals surface area contributed by atoms with Gasteiger partial charge in [-0.05, 0) is 30.2 Å². The first-order valence-corrected chi connectivity index (χ1v) is 8.54. The highest BCUT2D eigenvalue weighted by molar-refractivity contribution is 8.26. The third-order valence-electron chi connectivity index (χ3n) is 3.15. The van der Waals surface area contributed by atoms with Crippen LogP contribution in [0.15, 0.2) is 29.2 Å². The second kappa shape index (κ2) is 8.81. The maximum Gasteiger partial charge on any atom is 0.306 e. The standard InChI is InChI=1S/C16H17NO5S2/c18-7-2-6-17-15(21)13(24-16(17)23)10-11-3-1-4-12(9-11)22-8-5-14(19)20/h1,3-4,9-10,18H,2,5-8H2,(H,19,20)/b13-10-. The van der Waals surface area contributed by atoms with E-state index in [1.165, 1.54) is 16.7 Å². The molecule has 1 fully saturated rings. The molecular formula is C16H17NO5S2. The van der Waals surface area contributed by atoms with E-state index in [1.54, 1.807) is 24.3 Å². The van der Waals surface area contributed by atoms with Crippen molar-refractivity contribution in [2.75, 3.05) is 19.8 Å². The molecule has 0 atom stereocenters. The van der Waals surface area contributed by atoms with Crippen molar-refractivity contribution < 1.29 is 24.5 Å². The number of nitrogens with zero attached hydrogens (tertiary/aromatic N) is 1. The number of hydrogen-bond donors (Lipinski definition) is 2. The van der Waals surface area contributed by atoms with E-state index in [2.05, 4.69) is 0 Å². The molecule has 0 radical (unpaired) electrons. The number of benzene rings is 1. The summed E-state index contributed by atoms with van der Waals surface area (Å²) in [6.45, 7) is 0.491. The van der Waals surface area contributed by atoms with Gasteiger partial charge in [0.05, 0.1) is 17.9 Å². The zero-order chi connectivity index (χ0) is 17.5. The largest absolute Gasteiger partial charge is 0.493 e. The Kier molecular flexibility index (Phi) is 6.77. The average Bonchev–Trinajstić information content (AvgIpc) is 2.79. The summed E-state index contributed by atoms with van der Waals surface area (Å²) in [7, 11) is 0. The molecule has 0 bridgehead atoms. The van der Waals surface area contributed by atoms with Crippen molar-refractivity contribution in [3.63, 3.8) is 0 Å². The highest BCUT2D eigenvalue weighted by Crippen LogP contribution is 2.33. The quantitative estimate of drug-likeness (QED) is 0.537. The molecule has 1 aliphatic rings. The summed E-state index contributed by atoms with van der Waals surface area (Å²) in [5.74, 6) is -0.547. The van der Waals surface area contributed by atoms with Gasteiger partial charge in [0.15, 0.2) is 0 Å². The first-order valence-electron chi connectivity index (χ1n) is 7.32. The van der Waals surface area contributed by atoms with Crippen LogP contribution in [0.4, 0.5) is 0 Å². The predicted molar refractivity (Wildman–Crippen MR) is 95.8 cm³/mol. The van der Waals surface area contributed by atoms with Crippen molar-refractivity contribution in [3.05, 3.63) is 34.7 Å². The summed E-state index contributed by atoms with van der Waals surface area (Å²) in [5.41, 5.74) is 0.769. The number of carbonyl (C=O) groups excluding carboxylic acids is 1. The van der Waals surface area contributed by atoms with Gasteiger partial charge < -0.3 is 14.9 Å². The number of ether oxygens (including phenoxy) is 1. The first-order chi connectivity index (χ1) is 11.5. The van der Waals surface area contributed by atoms with Crippen molar-refractivity contribution >= 4 is 46.3 Å². The summed E-state index contributed by atoms with van der Waals surface area (Å²) in [6, 6.07) is 7.06. The molecule has 6 nitrogen and oxygen atoms in total. The zero-order valence-corrected chi connectivity index (χ0v) is 14.4. The number of rotatable bonds is 8. The number of carboxylic acids is 1. The lowest BCUT2D eigenvalue weighted by Gasteiger charge is -2.12. The second-order valence-corrected chi connectivity index (χ2v) is 6.65. The molecule has 8 heteroatoms. The smallest absolute Gasteiger partial charge is 0.306 e. The van der Waals surface area contributed by atoms with E-state index in [1.807, 2.05) is 6.07 Å². The van der Waals surface area contributed by atoms with Crippen LogP contribution in [0.3, 0.4) is 0 Å². The van der Waals surface area contributed by atoms with Crippen LogP contribution < -0.4 is 4.74 Å². The van der Waals surface area contributed by atoms with E-state index in [9.17, 15) is 9.59 Å². The topological polar surface area (TPSA) is 87.1 Å². The van der Waals surface area contributed by atoms with Crippen LogP contribution >= 0.6 is 24.0 Å².